The minimum Gasteiger partial charge on any atom is -0.342 e. The molecule has 1 saturated carbocycles. The number of carbonyl (C=O) groups is 1. The quantitative estimate of drug-likeness (QED) is 0.291. The van der Waals surface area contributed by atoms with Crippen molar-refractivity contribution >= 4 is 44.3 Å². The normalized spacial score (nSPS) is 18.4. The van der Waals surface area contributed by atoms with E-state index in [1.54, 1.807) is 28.6 Å². The number of aromatic amines is 1. The molecule has 4 aromatic rings. The minimum absolute atomic E-state index is 0.0643. The zero-order valence-corrected chi connectivity index (χ0v) is 23.1. The molecule has 1 aliphatic carbocycles. The summed E-state index contributed by atoms with van der Waals surface area (Å²) in [6.07, 6.45) is 4.94. The third-order valence-corrected chi connectivity index (χ3v) is 10.5. The number of amides is 1. The summed E-state index contributed by atoms with van der Waals surface area (Å²) in [5.41, 5.74) is 2.89. The highest BCUT2D eigenvalue weighted by Gasteiger charge is 2.42. The van der Waals surface area contributed by atoms with Crippen molar-refractivity contribution in [2.24, 2.45) is 0 Å². The van der Waals surface area contributed by atoms with Crippen molar-refractivity contribution in [2.75, 3.05) is 18.4 Å². The van der Waals surface area contributed by atoms with Gasteiger partial charge < -0.3 is 10.3 Å². The molecule has 9 heteroatoms. The van der Waals surface area contributed by atoms with E-state index in [2.05, 4.69) is 10.3 Å². The molecule has 3 aromatic carbocycles. The van der Waals surface area contributed by atoms with Crippen molar-refractivity contribution in [3.8, 4) is 0 Å². The maximum absolute atomic E-state index is 13.5. The van der Waals surface area contributed by atoms with Crippen LogP contribution in [0.3, 0.4) is 0 Å². The first-order chi connectivity index (χ1) is 18.8. The Morgan fingerprint density at radius 3 is 2.28 bits per heavy atom. The van der Waals surface area contributed by atoms with E-state index in [-0.39, 0.29) is 16.7 Å². The van der Waals surface area contributed by atoms with Gasteiger partial charge in [-0.25, -0.2) is 13.4 Å². The van der Waals surface area contributed by atoms with E-state index in [0.29, 0.717) is 36.6 Å². The van der Waals surface area contributed by atoms with Crippen molar-refractivity contribution in [3.63, 3.8) is 0 Å². The molecule has 1 amide bonds. The lowest BCUT2D eigenvalue weighted by Crippen LogP contribution is -2.38. The molecule has 1 saturated heterocycles. The molecule has 0 bridgehead atoms. The fourth-order valence-electron chi connectivity index (χ4n) is 6.04. The highest BCUT2D eigenvalue weighted by molar-refractivity contribution is 7.89. The summed E-state index contributed by atoms with van der Waals surface area (Å²) in [6.45, 7) is 0.873. The number of aromatic nitrogens is 2. The Morgan fingerprint density at radius 1 is 0.949 bits per heavy atom. The molecule has 0 atom stereocenters. The van der Waals surface area contributed by atoms with Gasteiger partial charge in [-0.15, -0.1) is 0 Å². The Kier molecular flexibility index (Phi) is 6.95. The van der Waals surface area contributed by atoms with E-state index < -0.39 is 15.4 Å². The zero-order valence-electron chi connectivity index (χ0n) is 21.6. The number of hydrogen-bond donors (Lipinski definition) is 2. The van der Waals surface area contributed by atoms with E-state index in [4.69, 9.17) is 16.6 Å². The summed E-state index contributed by atoms with van der Waals surface area (Å²) < 4.78 is 28.3. The maximum Gasteiger partial charge on any atom is 0.243 e. The topological polar surface area (TPSA) is 95.2 Å². The number of anilines is 1. The van der Waals surface area contributed by atoms with E-state index in [1.165, 1.54) is 0 Å². The summed E-state index contributed by atoms with van der Waals surface area (Å²) in [6, 6.07) is 21.9. The Morgan fingerprint density at radius 2 is 1.62 bits per heavy atom. The molecule has 6 rings (SSSR count). The summed E-state index contributed by atoms with van der Waals surface area (Å²) in [7, 11) is -3.63. The molecule has 39 heavy (non-hydrogen) atoms. The van der Waals surface area contributed by atoms with Gasteiger partial charge in [0.25, 0.3) is 0 Å². The number of piperidine rings is 1. The third kappa shape index (κ3) is 4.97. The van der Waals surface area contributed by atoms with E-state index in [9.17, 15) is 13.2 Å². The van der Waals surface area contributed by atoms with Crippen LogP contribution in [0.1, 0.15) is 55.8 Å². The molecule has 202 valence electrons. The number of fused-ring (bicyclic) bond motifs is 1. The molecule has 2 N–H and O–H groups in total. The fourth-order valence-corrected chi connectivity index (χ4v) is 7.64. The molecule has 0 radical (unpaired) electrons. The van der Waals surface area contributed by atoms with Crippen molar-refractivity contribution < 1.29 is 13.2 Å². The van der Waals surface area contributed by atoms with E-state index >= 15 is 0 Å². The molecule has 2 heterocycles. The van der Waals surface area contributed by atoms with Crippen molar-refractivity contribution in [1.82, 2.24) is 14.3 Å². The van der Waals surface area contributed by atoms with Crippen LogP contribution in [0.25, 0.3) is 11.0 Å². The SMILES string of the molecule is O=C(Nc1ccc(S(=O)(=O)N2CCC(c3nc4ccccc4[nH]3)CC2)cc1)C1(c2ccc(Cl)cc2)CCCC1. The second-order valence-corrected chi connectivity index (χ2v) is 13.0. The first-order valence-corrected chi connectivity index (χ1v) is 15.3. The number of imidazole rings is 1. The highest BCUT2D eigenvalue weighted by atomic mass is 35.5. The number of sulfonamides is 1. The van der Waals surface area contributed by atoms with Gasteiger partial charge in [0.1, 0.15) is 5.82 Å². The predicted molar refractivity (Wildman–Crippen MR) is 153 cm³/mol. The fraction of sp³-hybridized carbons (Fsp3) is 0.333. The van der Waals surface area contributed by atoms with Gasteiger partial charge in [-0.1, -0.05) is 48.7 Å². The Balaban J connectivity index is 1.12. The van der Waals surface area contributed by atoms with Crippen LogP contribution >= 0.6 is 11.6 Å². The smallest absolute Gasteiger partial charge is 0.243 e. The monoisotopic (exact) mass is 562 g/mol. The number of hydrogen-bond acceptors (Lipinski definition) is 4. The number of nitrogens with zero attached hydrogens (tertiary/aromatic N) is 2. The average Bonchev–Trinajstić information content (AvgIpc) is 3.63. The Bertz CT molecular complexity index is 1550. The van der Waals surface area contributed by atoms with Gasteiger partial charge in [-0.3, -0.25) is 4.79 Å². The second-order valence-electron chi connectivity index (χ2n) is 10.6. The van der Waals surface area contributed by atoms with E-state index in [1.807, 2.05) is 48.5 Å². The Labute approximate surface area is 233 Å². The van der Waals surface area contributed by atoms with Crippen LogP contribution in [-0.2, 0) is 20.2 Å². The highest BCUT2D eigenvalue weighted by Crippen LogP contribution is 2.42. The number of H-pyrrole nitrogens is 1. The first kappa shape index (κ1) is 26.0. The number of rotatable bonds is 6. The number of carbonyl (C=O) groups excluding carboxylic acids is 1. The van der Waals surface area contributed by atoms with Gasteiger partial charge in [-0.2, -0.15) is 4.31 Å². The number of benzene rings is 3. The second kappa shape index (κ2) is 10.4. The molecule has 2 aliphatic rings. The third-order valence-electron chi connectivity index (χ3n) is 8.29. The van der Waals surface area contributed by atoms with Crippen LogP contribution in [0, 0.1) is 0 Å². The maximum atomic E-state index is 13.5. The van der Waals surface area contributed by atoms with Crippen molar-refractivity contribution in [3.05, 3.63) is 89.2 Å². The van der Waals surface area contributed by atoms with Crippen molar-refractivity contribution in [2.45, 2.75) is 54.8 Å². The summed E-state index contributed by atoms with van der Waals surface area (Å²) in [5, 5.41) is 3.68. The summed E-state index contributed by atoms with van der Waals surface area (Å²) in [4.78, 5) is 21.8. The molecule has 0 spiro atoms. The number of para-hydroxylation sites is 2. The molecule has 0 unspecified atom stereocenters. The van der Waals surface area contributed by atoms with Crippen LogP contribution in [0.15, 0.2) is 77.7 Å². The summed E-state index contributed by atoms with van der Waals surface area (Å²) in [5.74, 6) is 1.06. The zero-order chi connectivity index (χ0) is 27.0. The molecular formula is C30H31ClN4O3S. The minimum atomic E-state index is -3.63. The van der Waals surface area contributed by atoms with Gasteiger partial charge in [0.15, 0.2) is 0 Å². The van der Waals surface area contributed by atoms with Gasteiger partial charge in [0, 0.05) is 29.7 Å². The van der Waals surface area contributed by atoms with Crippen molar-refractivity contribution in [1.29, 1.82) is 0 Å². The van der Waals surface area contributed by atoms with Crippen LogP contribution in [0.5, 0.6) is 0 Å². The lowest BCUT2D eigenvalue weighted by Gasteiger charge is -2.30. The lowest BCUT2D eigenvalue weighted by molar-refractivity contribution is -0.121. The van der Waals surface area contributed by atoms with E-state index in [0.717, 1.165) is 48.1 Å². The Hall–Kier alpha value is -3.20. The van der Waals surface area contributed by atoms with Crippen LogP contribution in [-0.4, -0.2) is 41.7 Å². The molecular weight excluding hydrogens is 532 g/mol. The molecule has 1 aromatic heterocycles. The first-order valence-electron chi connectivity index (χ1n) is 13.5. The lowest BCUT2D eigenvalue weighted by atomic mass is 9.78. The standard InChI is InChI=1S/C30H31ClN4O3S/c31-23-9-7-22(8-10-23)30(17-3-4-18-30)29(36)32-24-11-13-25(14-12-24)39(37,38)35-19-15-21(16-20-35)28-33-26-5-1-2-6-27(26)34-28/h1-2,5-14,21H,3-4,15-20H2,(H,32,36)(H,33,34). The molecule has 7 nitrogen and oxygen atoms in total. The van der Waals surface area contributed by atoms with Gasteiger partial charge in [0.2, 0.25) is 15.9 Å². The number of halogens is 1. The molecule has 2 fully saturated rings. The summed E-state index contributed by atoms with van der Waals surface area (Å²) >= 11 is 6.07. The van der Waals surface area contributed by atoms with Crippen LogP contribution in [0.2, 0.25) is 5.02 Å². The van der Waals surface area contributed by atoms with Crippen LogP contribution < -0.4 is 5.32 Å². The number of nitrogens with one attached hydrogen (secondary N) is 2. The predicted octanol–water partition coefficient (Wildman–Crippen LogP) is 6.24. The van der Waals surface area contributed by atoms with Gasteiger partial charge in [-0.05, 0) is 79.8 Å². The van der Waals surface area contributed by atoms with Gasteiger partial charge >= 0.3 is 0 Å². The van der Waals surface area contributed by atoms with Crippen LogP contribution in [0.4, 0.5) is 5.69 Å². The largest absolute Gasteiger partial charge is 0.342 e. The average molecular weight is 563 g/mol. The van der Waals surface area contributed by atoms with Gasteiger partial charge in [0.05, 0.1) is 21.3 Å². The molecule has 1 aliphatic heterocycles.